The number of aromatic nitrogens is 2. The molecule has 4 heteroatoms. The number of hydrogen-bond acceptors (Lipinski definition) is 4. The number of benzene rings is 9. The van der Waals surface area contributed by atoms with E-state index in [1.807, 2.05) is 23.5 Å². The predicted molar refractivity (Wildman–Crippen MR) is 238 cm³/mol. The first-order valence-corrected chi connectivity index (χ1v) is 19.7. The summed E-state index contributed by atoms with van der Waals surface area (Å²) < 4.78 is 2.55. The molecule has 2 aromatic heterocycles. The summed E-state index contributed by atoms with van der Waals surface area (Å²) in [6.07, 6.45) is 0. The summed E-state index contributed by atoms with van der Waals surface area (Å²) in [5.41, 5.74) is 11.5. The van der Waals surface area contributed by atoms with E-state index in [4.69, 9.17) is 9.97 Å². The van der Waals surface area contributed by atoms with Gasteiger partial charge in [0.1, 0.15) is 0 Å². The molecule has 0 saturated carbocycles. The summed E-state index contributed by atoms with van der Waals surface area (Å²) in [5, 5.41) is 7.20. The lowest BCUT2D eigenvalue weighted by Crippen LogP contribution is -2.09. The molecule has 0 saturated heterocycles. The van der Waals surface area contributed by atoms with Crippen LogP contribution in [0.4, 0.5) is 17.1 Å². The number of fused-ring (bicyclic) bond motifs is 8. The monoisotopic (exact) mass is 731 g/mol. The van der Waals surface area contributed by atoms with E-state index in [2.05, 4.69) is 193 Å². The SMILES string of the molecule is c1ccc(-c2nc3ccc4ccc5cc(-c6cccc7sc8cc(N(c9ccccc9)c9ccccc9)ccc8c67)ccc5c4c3nc2-c2ccccc2)cc1. The molecule has 0 aliphatic heterocycles. The van der Waals surface area contributed by atoms with Gasteiger partial charge in [-0.1, -0.05) is 146 Å². The molecule has 9 aromatic carbocycles. The van der Waals surface area contributed by atoms with Crippen molar-refractivity contribution in [1.29, 1.82) is 0 Å². The van der Waals surface area contributed by atoms with Gasteiger partial charge in [0.05, 0.1) is 22.4 Å². The van der Waals surface area contributed by atoms with Gasteiger partial charge in [0.25, 0.3) is 0 Å². The Hall–Kier alpha value is -7.14. The maximum Gasteiger partial charge on any atom is 0.0979 e. The first-order chi connectivity index (χ1) is 27.8. The highest BCUT2D eigenvalue weighted by Crippen LogP contribution is 2.44. The highest BCUT2D eigenvalue weighted by molar-refractivity contribution is 7.26. The van der Waals surface area contributed by atoms with Crippen molar-refractivity contribution in [1.82, 2.24) is 9.97 Å². The van der Waals surface area contributed by atoms with Crippen molar-refractivity contribution in [3.8, 4) is 33.6 Å². The fourth-order valence-electron chi connectivity index (χ4n) is 8.22. The molecule has 0 unspecified atom stereocenters. The van der Waals surface area contributed by atoms with Gasteiger partial charge in [0, 0.05) is 53.7 Å². The Labute approximate surface area is 328 Å². The summed E-state index contributed by atoms with van der Waals surface area (Å²) in [4.78, 5) is 13.1. The third-order valence-corrected chi connectivity index (χ3v) is 11.9. The van der Waals surface area contributed by atoms with E-state index in [-0.39, 0.29) is 0 Å². The molecule has 0 radical (unpaired) electrons. The summed E-state index contributed by atoms with van der Waals surface area (Å²) in [7, 11) is 0. The molecular weight excluding hydrogens is 699 g/mol. The Bertz CT molecular complexity index is 3190. The largest absolute Gasteiger partial charge is 0.310 e. The molecule has 0 atom stereocenters. The topological polar surface area (TPSA) is 29.0 Å². The van der Waals surface area contributed by atoms with Crippen LogP contribution in [0.3, 0.4) is 0 Å². The van der Waals surface area contributed by atoms with Gasteiger partial charge in [0.2, 0.25) is 0 Å². The molecule has 0 N–H and O–H groups in total. The van der Waals surface area contributed by atoms with Crippen LogP contribution in [0, 0.1) is 0 Å². The summed E-state index contributed by atoms with van der Waals surface area (Å²) in [6.45, 7) is 0. The first-order valence-electron chi connectivity index (χ1n) is 18.9. The van der Waals surface area contributed by atoms with Crippen molar-refractivity contribution >= 4 is 81.1 Å². The van der Waals surface area contributed by atoms with Crippen LogP contribution in [0.15, 0.2) is 200 Å². The maximum atomic E-state index is 5.44. The smallest absolute Gasteiger partial charge is 0.0979 e. The zero-order valence-electron chi connectivity index (χ0n) is 30.3. The molecule has 0 fully saturated rings. The predicted octanol–water partition coefficient (Wildman–Crippen LogP) is 14.8. The van der Waals surface area contributed by atoms with Crippen molar-refractivity contribution < 1.29 is 0 Å². The number of para-hydroxylation sites is 2. The van der Waals surface area contributed by atoms with Crippen LogP contribution in [0.5, 0.6) is 0 Å². The molecule has 0 amide bonds. The average Bonchev–Trinajstić information content (AvgIpc) is 3.65. The van der Waals surface area contributed by atoms with Crippen molar-refractivity contribution in [3.05, 3.63) is 200 Å². The van der Waals surface area contributed by atoms with Crippen LogP contribution in [0.1, 0.15) is 0 Å². The number of anilines is 3. The molecule has 0 spiro atoms. The molecule has 2 heterocycles. The van der Waals surface area contributed by atoms with E-state index >= 15 is 0 Å². The third kappa shape index (κ3) is 5.42. The highest BCUT2D eigenvalue weighted by Gasteiger charge is 2.18. The molecule has 3 nitrogen and oxygen atoms in total. The Morgan fingerprint density at radius 3 is 1.68 bits per heavy atom. The maximum absolute atomic E-state index is 5.44. The molecular formula is C52H33N3S. The third-order valence-electron chi connectivity index (χ3n) is 10.8. The molecule has 11 aromatic rings. The Balaban J connectivity index is 1.06. The second-order valence-electron chi connectivity index (χ2n) is 14.2. The van der Waals surface area contributed by atoms with Crippen molar-refractivity contribution in [2.24, 2.45) is 0 Å². The van der Waals surface area contributed by atoms with Crippen LogP contribution >= 0.6 is 11.3 Å². The second-order valence-corrected chi connectivity index (χ2v) is 15.2. The lowest BCUT2D eigenvalue weighted by Gasteiger charge is -2.25. The number of rotatable bonds is 6. The van der Waals surface area contributed by atoms with E-state index in [1.54, 1.807) is 0 Å². The Morgan fingerprint density at radius 1 is 0.375 bits per heavy atom. The van der Waals surface area contributed by atoms with Gasteiger partial charge in [-0.05, 0) is 81.9 Å². The molecule has 0 bridgehead atoms. The van der Waals surface area contributed by atoms with E-state index in [9.17, 15) is 0 Å². The van der Waals surface area contributed by atoms with Crippen LogP contribution in [-0.2, 0) is 0 Å². The number of thiophene rings is 1. The molecule has 0 aliphatic carbocycles. The van der Waals surface area contributed by atoms with Crippen LogP contribution < -0.4 is 4.90 Å². The summed E-state index contributed by atoms with van der Waals surface area (Å²) in [5.74, 6) is 0. The minimum atomic E-state index is 0.889. The number of nitrogens with zero attached hydrogens (tertiary/aromatic N) is 3. The molecule has 0 aliphatic rings. The fourth-order valence-corrected chi connectivity index (χ4v) is 9.39. The Morgan fingerprint density at radius 2 is 0.982 bits per heavy atom. The first kappa shape index (κ1) is 32.3. The zero-order chi connectivity index (χ0) is 37.0. The van der Waals surface area contributed by atoms with Gasteiger partial charge < -0.3 is 4.90 Å². The lowest BCUT2D eigenvalue weighted by molar-refractivity contribution is 1.29. The molecule has 56 heavy (non-hydrogen) atoms. The lowest BCUT2D eigenvalue weighted by atomic mass is 9.94. The molecule has 11 rings (SSSR count). The normalized spacial score (nSPS) is 11.6. The van der Waals surface area contributed by atoms with Crippen molar-refractivity contribution in [2.45, 2.75) is 0 Å². The van der Waals surface area contributed by atoms with Crippen LogP contribution in [-0.4, -0.2) is 9.97 Å². The highest BCUT2D eigenvalue weighted by atomic mass is 32.1. The minimum Gasteiger partial charge on any atom is -0.310 e. The van der Waals surface area contributed by atoms with Gasteiger partial charge in [-0.25, -0.2) is 9.97 Å². The summed E-state index contributed by atoms with van der Waals surface area (Å²) >= 11 is 1.86. The van der Waals surface area contributed by atoms with Gasteiger partial charge >= 0.3 is 0 Å². The van der Waals surface area contributed by atoms with Gasteiger partial charge in [-0.2, -0.15) is 0 Å². The van der Waals surface area contributed by atoms with Gasteiger partial charge in [-0.15, -0.1) is 11.3 Å². The van der Waals surface area contributed by atoms with Crippen LogP contribution in [0.2, 0.25) is 0 Å². The van der Waals surface area contributed by atoms with E-state index in [0.29, 0.717) is 0 Å². The van der Waals surface area contributed by atoms with Crippen molar-refractivity contribution in [3.63, 3.8) is 0 Å². The van der Waals surface area contributed by atoms with E-state index < -0.39 is 0 Å². The number of hydrogen-bond donors (Lipinski definition) is 0. The summed E-state index contributed by atoms with van der Waals surface area (Å²) in [6, 6.07) is 71.3. The quantitative estimate of drug-likeness (QED) is 0.159. The second kappa shape index (κ2) is 13.3. The van der Waals surface area contributed by atoms with E-state index in [1.165, 1.54) is 42.1 Å². The minimum absolute atomic E-state index is 0.889. The zero-order valence-corrected chi connectivity index (χ0v) is 31.1. The fraction of sp³-hybridized carbons (Fsp3) is 0. The van der Waals surface area contributed by atoms with E-state index in [0.717, 1.165) is 61.4 Å². The average molecular weight is 732 g/mol. The van der Waals surface area contributed by atoms with Crippen LogP contribution in [0.25, 0.3) is 86.4 Å². The van der Waals surface area contributed by atoms with Gasteiger partial charge in [0.15, 0.2) is 0 Å². The van der Waals surface area contributed by atoms with Gasteiger partial charge in [-0.3, -0.25) is 0 Å². The van der Waals surface area contributed by atoms with Crippen molar-refractivity contribution in [2.75, 3.05) is 4.90 Å². The standard InChI is InChI=1S/C52H33N3S/c1-5-14-35(15-6-1)50-51(36-16-7-2-8-17-36)54-52-45(53-50)31-27-34-24-25-37-32-38(26-29-43(37)48(34)52)42-22-13-23-46-49(42)44-30-28-41(33-47(44)56-46)55(39-18-9-3-10-19-39)40-20-11-4-12-21-40/h1-33H. The Kier molecular flexibility index (Phi) is 7.68. The molecule has 262 valence electrons.